The highest BCUT2D eigenvalue weighted by Crippen LogP contribution is 2.18. The minimum absolute atomic E-state index is 0.280. The Hall–Kier alpha value is -1.19. The largest absolute Gasteiger partial charge is 0.314 e. The van der Waals surface area contributed by atoms with Gasteiger partial charge in [0.05, 0.1) is 10.8 Å². The van der Waals surface area contributed by atoms with Crippen LogP contribution in [0, 0.1) is 0 Å². The fourth-order valence-electron chi connectivity index (χ4n) is 2.04. The smallest absolute Gasteiger partial charge is 0.0545 e. The minimum Gasteiger partial charge on any atom is -0.314 e. The topological polar surface area (TPSA) is 29.1 Å². The molecule has 0 spiro atoms. The van der Waals surface area contributed by atoms with Gasteiger partial charge in [0.25, 0.3) is 0 Å². The number of nitrogens with one attached hydrogen (secondary N) is 1. The third kappa shape index (κ3) is 3.18. The lowest BCUT2D eigenvalue weighted by Gasteiger charge is -2.12. The Balaban J connectivity index is 2.17. The lowest BCUT2D eigenvalue weighted by atomic mass is 10.1. The third-order valence-electron chi connectivity index (χ3n) is 2.94. The van der Waals surface area contributed by atoms with Crippen LogP contribution in [0.2, 0.25) is 0 Å². The van der Waals surface area contributed by atoms with E-state index >= 15 is 0 Å². The fourth-order valence-corrected chi connectivity index (χ4v) is 3.28. The first kappa shape index (κ1) is 13.2. The Morgan fingerprint density at radius 2 is 1.89 bits per heavy atom. The molecular formula is C15H19NOS. The molecule has 0 fully saturated rings. The van der Waals surface area contributed by atoms with Crippen LogP contribution in [0.25, 0.3) is 10.8 Å². The number of hydrogen-bond acceptors (Lipinski definition) is 2. The van der Waals surface area contributed by atoms with Crippen molar-refractivity contribution in [2.45, 2.75) is 24.8 Å². The first-order valence-electron chi connectivity index (χ1n) is 6.31. The van der Waals surface area contributed by atoms with Crippen LogP contribution in [0.4, 0.5) is 0 Å². The summed E-state index contributed by atoms with van der Waals surface area (Å²) >= 11 is 0. The molecule has 2 aromatic rings. The van der Waals surface area contributed by atoms with Gasteiger partial charge in [0.1, 0.15) is 0 Å². The average Bonchev–Trinajstić information content (AvgIpc) is 2.38. The molecule has 0 amide bonds. The number of benzene rings is 2. The van der Waals surface area contributed by atoms with Crippen molar-refractivity contribution in [1.82, 2.24) is 5.32 Å². The van der Waals surface area contributed by atoms with Crippen molar-refractivity contribution in [3.05, 3.63) is 42.5 Å². The van der Waals surface area contributed by atoms with Gasteiger partial charge in [-0.15, -0.1) is 0 Å². The van der Waals surface area contributed by atoms with E-state index in [0.717, 1.165) is 16.8 Å². The zero-order valence-electron chi connectivity index (χ0n) is 10.8. The first-order valence-corrected chi connectivity index (χ1v) is 7.63. The molecule has 2 atom stereocenters. The molecule has 2 rings (SSSR count). The van der Waals surface area contributed by atoms with Gasteiger partial charge in [0.2, 0.25) is 0 Å². The van der Waals surface area contributed by atoms with Crippen LogP contribution in [0.15, 0.2) is 47.4 Å². The van der Waals surface area contributed by atoms with Crippen LogP contribution in [0.1, 0.15) is 13.8 Å². The van der Waals surface area contributed by atoms with E-state index in [9.17, 15) is 4.21 Å². The van der Waals surface area contributed by atoms with Crippen molar-refractivity contribution in [3.63, 3.8) is 0 Å². The predicted octanol–water partition coefficient (Wildman–Crippen LogP) is 2.95. The standard InChI is InChI=1S/C15H19NOS/c1-3-16-12(2)11-18(17)15-9-8-13-6-4-5-7-14(13)10-15/h4-10,12,16H,3,11H2,1-2H3. The lowest BCUT2D eigenvalue weighted by molar-refractivity contribution is 0.607. The van der Waals surface area contributed by atoms with Gasteiger partial charge < -0.3 is 5.32 Å². The molecule has 0 aliphatic rings. The maximum Gasteiger partial charge on any atom is 0.0545 e. The summed E-state index contributed by atoms with van der Waals surface area (Å²) in [6.45, 7) is 5.05. The molecule has 0 aliphatic heterocycles. The molecule has 18 heavy (non-hydrogen) atoms. The number of fused-ring (bicyclic) bond motifs is 1. The van der Waals surface area contributed by atoms with Crippen LogP contribution >= 0.6 is 0 Å². The van der Waals surface area contributed by atoms with E-state index < -0.39 is 10.8 Å². The quantitative estimate of drug-likeness (QED) is 0.896. The highest BCUT2D eigenvalue weighted by atomic mass is 32.2. The second kappa shape index (κ2) is 6.12. The van der Waals surface area contributed by atoms with Crippen molar-refractivity contribution >= 4 is 21.6 Å². The number of hydrogen-bond donors (Lipinski definition) is 1. The zero-order chi connectivity index (χ0) is 13.0. The van der Waals surface area contributed by atoms with Gasteiger partial charge in [-0.3, -0.25) is 4.21 Å². The van der Waals surface area contributed by atoms with E-state index in [1.807, 2.05) is 30.3 Å². The van der Waals surface area contributed by atoms with Crippen molar-refractivity contribution in [2.75, 3.05) is 12.3 Å². The summed E-state index contributed by atoms with van der Waals surface area (Å²) in [6, 6.07) is 14.5. The molecule has 2 nitrogen and oxygen atoms in total. The molecule has 0 bridgehead atoms. The minimum atomic E-state index is -0.934. The monoisotopic (exact) mass is 261 g/mol. The van der Waals surface area contributed by atoms with Gasteiger partial charge in [-0.25, -0.2) is 0 Å². The van der Waals surface area contributed by atoms with Crippen molar-refractivity contribution < 1.29 is 4.21 Å². The van der Waals surface area contributed by atoms with Gasteiger partial charge in [0.15, 0.2) is 0 Å². The molecule has 96 valence electrons. The summed E-state index contributed by atoms with van der Waals surface area (Å²) in [6.07, 6.45) is 0. The van der Waals surface area contributed by atoms with Crippen LogP contribution in [0.5, 0.6) is 0 Å². The third-order valence-corrected chi connectivity index (χ3v) is 4.52. The van der Waals surface area contributed by atoms with Crippen LogP contribution in [0.3, 0.4) is 0 Å². The summed E-state index contributed by atoms with van der Waals surface area (Å²) in [5.74, 6) is 0.659. The van der Waals surface area contributed by atoms with Gasteiger partial charge in [-0.1, -0.05) is 37.3 Å². The average molecular weight is 261 g/mol. The van der Waals surface area contributed by atoms with Gasteiger partial charge in [0, 0.05) is 16.7 Å². The van der Waals surface area contributed by atoms with E-state index in [1.54, 1.807) is 0 Å². The van der Waals surface area contributed by atoms with Gasteiger partial charge in [-0.05, 0) is 36.4 Å². The Morgan fingerprint density at radius 1 is 1.17 bits per heavy atom. The summed E-state index contributed by atoms with van der Waals surface area (Å²) in [5.41, 5.74) is 0. The predicted molar refractivity (Wildman–Crippen MR) is 78.4 cm³/mol. The molecule has 0 heterocycles. The molecule has 0 saturated heterocycles. The van der Waals surface area contributed by atoms with Crippen molar-refractivity contribution in [1.29, 1.82) is 0 Å². The highest BCUT2D eigenvalue weighted by molar-refractivity contribution is 7.85. The first-order chi connectivity index (χ1) is 8.70. The van der Waals surface area contributed by atoms with E-state index in [4.69, 9.17) is 0 Å². The molecule has 0 saturated carbocycles. The van der Waals surface area contributed by atoms with Crippen LogP contribution < -0.4 is 5.32 Å². The Morgan fingerprint density at radius 3 is 2.61 bits per heavy atom. The van der Waals surface area contributed by atoms with E-state index in [2.05, 4.69) is 31.3 Å². The van der Waals surface area contributed by atoms with Crippen molar-refractivity contribution in [2.24, 2.45) is 0 Å². The normalized spacial score (nSPS) is 14.6. The maximum absolute atomic E-state index is 12.2. The Bertz CT molecular complexity index is 553. The molecule has 2 unspecified atom stereocenters. The summed E-state index contributed by atoms with van der Waals surface area (Å²) < 4.78 is 12.2. The highest BCUT2D eigenvalue weighted by Gasteiger charge is 2.09. The van der Waals surface area contributed by atoms with Crippen LogP contribution in [-0.4, -0.2) is 22.5 Å². The van der Waals surface area contributed by atoms with Gasteiger partial charge >= 0.3 is 0 Å². The molecule has 2 aromatic carbocycles. The Kier molecular flexibility index (Phi) is 4.50. The lowest BCUT2D eigenvalue weighted by Crippen LogP contribution is -2.30. The van der Waals surface area contributed by atoms with E-state index in [1.165, 1.54) is 5.39 Å². The second-order valence-corrected chi connectivity index (χ2v) is 5.98. The molecular weight excluding hydrogens is 242 g/mol. The fraction of sp³-hybridized carbons (Fsp3) is 0.333. The molecule has 0 aromatic heterocycles. The van der Waals surface area contributed by atoms with E-state index in [-0.39, 0.29) is 6.04 Å². The molecule has 0 aliphatic carbocycles. The van der Waals surface area contributed by atoms with Gasteiger partial charge in [-0.2, -0.15) is 0 Å². The van der Waals surface area contributed by atoms with Crippen LogP contribution in [-0.2, 0) is 10.8 Å². The summed E-state index contributed by atoms with van der Waals surface area (Å²) in [7, 11) is -0.934. The molecule has 3 heteroatoms. The zero-order valence-corrected chi connectivity index (χ0v) is 11.7. The summed E-state index contributed by atoms with van der Waals surface area (Å²) in [4.78, 5) is 0.915. The maximum atomic E-state index is 12.2. The van der Waals surface area contributed by atoms with E-state index in [0.29, 0.717) is 5.75 Å². The Labute approximate surface area is 111 Å². The molecule has 1 N–H and O–H groups in total. The number of rotatable bonds is 5. The molecule has 0 radical (unpaired) electrons. The SMILES string of the molecule is CCNC(C)CS(=O)c1ccc2ccccc2c1. The van der Waals surface area contributed by atoms with Crippen molar-refractivity contribution in [3.8, 4) is 0 Å². The second-order valence-electron chi connectivity index (χ2n) is 4.48. The summed E-state index contributed by atoms with van der Waals surface area (Å²) in [5, 5.41) is 5.64.